The summed E-state index contributed by atoms with van der Waals surface area (Å²) in [6.07, 6.45) is 2.94. The molecular weight excluding hydrogens is 456 g/mol. The van der Waals surface area contributed by atoms with Crippen LogP contribution in [0.2, 0.25) is 0 Å². The predicted molar refractivity (Wildman–Crippen MR) is 120 cm³/mol. The standard InChI is InChI=1S/C24H18N4O7/c1-13-12-19(29)35-20-18(13)10-11-24(34,28-26-17-8-4-15(5-9-17)23(32)33)21(20)27-25-16-6-2-14(3-7-16)22(30)31/h2-11,34H,12H2,1H3,(H,30,31)(H,32,33). The second kappa shape index (κ2) is 9.23. The summed E-state index contributed by atoms with van der Waals surface area (Å²) in [5, 5.41) is 45.5. The largest absolute Gasteiger partial charge is 0.478 e. The maximum absolute atomic E-state index is 12.1. The van der Waals surface area contributed by atoms with E-state index in [9.17, 15) is 19.5 Å². The molecule has 0 radical (unpaired) electrons. The molecule has 0 saturated heterocycles. The number of hydrogen-bond donors (Lipinski definition) is 3. The highest BCUT2D eigenvalue weighted by atomic mass is 16.5. The Balaban J connectivity index is 1.74. The third kappa shape index (κ3) is 4.94. The quantitative estimate of drug-likeness (QED) is 0.403. The van der Waals surface area contributed by atoms with E-state index in [0.29, 0.717) is 11.1 Å². The number of ether oxygens (including phenoxy) is 1. The highest BCUT2D eigenvalue weighted by molar-refractivity contribution is 5.88. The van der Waals surface area contributed by atoms with Crippen molar-refractivity contribution in [2.75, 3.05) is 0 Å². The van der Waals surface area contributed by atoms with E-state index in [0.717, 1.165) is 0 Å². The number of aliphatic hydroxyl groups is 1. The average molecular weight is 474 g/mol. The van der Waals surface area contributed by atoms with Gasteiger partial charge in [-0.15, -0.1) is 10.2 Å². The number of carbonyl (C=O) groups is 3. The molecule has 2 aliphatic rings. The minimum absolute atomic E-state index is 0.0187. The number of rotatable bonds is 6. The minimum atomic E-state index is -2.16. The molecule has 35 heavy (non-hydrogen) atoms. The van der Waals surface area contributed by atoms with Crippen molar-refractivity contribution in [3.63, 3.8) is 0 Å². The second-order valence-electron chi connectivity index (χ2n) is 7.69. The molecule has 11 heteroatoms. The number of fused-ring (bicyclic) bond motifs is 1. The molecule has 1 atom stereocenters. The van der Waals surface area contributed by atoms with E-state index in [1.54, 1.807) is 13.0 Å². The number of nitrogens with zero attached hydrogens (tertiary/aromatic N) is 4. The van der Waals surface area contributed by atoms with Crippen molar-refractivity contribution in [1.29, 1.82) is 0 Å². The molecule has 2 aromatic rings. The first kappa shape index (κ1) is 23.4. The van der Waals surface area contributed by atoms with Crippen LogP contribution >= 0.6 is 0 Å². The summed E-state index contributed by atoms with van der Waals surface area (Å²) in [7, 11) is 0. The van der Waals surface area contributed by atoms with Gasteiger partial charge in [0.1, 0.15) is 0 Å². The lowest BCUT2D eigenvalue weighted by Crippen LogP contribution is -2.31. The zero-order chi connectivity index (χ0) is 25.2. The maximum Gasteiger partial charge on any atom is 0.335 e. The first-order chi connectivity index (χ1) is 16.7. The number of benzene rings is 2. The SMILES string of the molecule is CC1=C2C=CC(O)(N=Nc3ccc(C(=O)O)cc3)C(N=Nc3ccc(C(=O)O)cc3)=C2OC(=O)C1. The fraction of sp³-hybridized carbons (Fsp3) is 0.125. The van der Waals surface area contributed by atoms with E-state index in [1.807, 2.05) is 0 Å². The summed E-state index contributed by atoms with van der Waals surface area (Å²) in [4.78, 5) is 34.2. The third-order valence-electron chi connectivity index (χ3n) is 5.19. The van der Waals surface area contributed by atoms with E-state index in [-0.39, 0.29) is 40.4 Å². The Hall–Kier alpha value is -4.77. The van der Waals surface area contributed by atoms with E-state index >= 15 is 0 Å². The summed E-state index contributed by atoms with van der Waals surface area (Å²) < 4.78 is 5.38. The molecule has 1 aliphatic heterocycles. The molecule has 3 N–H and O–H groups in total. The van der Waals surface area contributed by atoms with Crippen molar-refractivity contribution >= 4 is 29.3 Å². The number of carbonyl (C=O) groups excluding carboxylic acids is 1. The van der Waals surface area contributed by atoms with Crippen LogP contribution in [0.15, 0.2) is 104 Å². The molecule has 0 spiro atoms. The Morgan fingerprint density at radius 3 is 1.97 bits per heavy atom. The van der Waals surface area contributed by atoms with Gasteiger partial charge in [-0.2, -0.15) is 10.2 Å². The number of allylic oxidation sites excluding steroid dienone is 1. The van der Waals surface area contributed by atoms with Crippen molar-refractivity contribution in [3.8, 4) is 0 Å². The number of esters is 1. The van der Waals surface area contributed by atoms with Gasteiger partial charge in [-0.1, -0.05) is 5.57 Å². The minimum Gasteiger partial charge on any atom is -0.478 e. The molecule has 4 rings (SSSR count). The zero-order valence-electron chi connectivity index (χ0n) is 18.2. The van der Waals surface area contributed by atoms with Crippen LogP contribution in [0.4, 0.5) is 11.4 Å². The highest BCUT2D eigenvalue weighted by Gasteiger charge is 2.40. The van der Waals surface area contributed by atoms with Crippen LogP contribution in [0.3, 0.4) is 0 Å². The molecule has 0 bridgehead atoms. The molecule has 0 aromatic heterocycles. The van der Waals surface area contributed by atoms with E-state index in [1.165, 1.54) is 54.6 Å². The average Bonchev–Trinajstić information content (AvgIpc) is 2.82. The van der Waals surface area contributed by atoms with Gasteiger partial charge >= 0.3 is 17.9 Å². The zero-order valence-corrected chi connectivity index (χ0v) is 18.2. The summed E-state index contributed by atoms with van der Waals surface area (Å²) in [5.41, 5.74) is -0.438. The van der Waals surface area contributed by atoms with Crippen LogP contribution in [-0.4, -0.2) is 39.0 Å². The second-order valence-corrected chi connectivity index (χ2v) is 7.69. The molecule has 1 aliphatic carbocycles. The lowest BCUT2D eigenvalue weighted by Gasteiger charge is -2.28. The maximum atomic E-state index is 12.1. The monoisotopic (exact) mass is 474 g/mol. The number of hydrogen-bond acceptors (Lipinski definition) is 9. The van der Waals surface area contributed by atoms with Crippen LogP contribution in [0.1, 0.15) is 34.1 Å². The first-order valence-electron chi connectivity index (χ1n) is 10.2. The van der Waals surface area contributed by atoms with Gasteiger partial charge in [-0.3, -0.25) is 4.79 Å². The summed E-state index contributed by atoms with van der Waals surface area (Å²) in [6.45, 7) is 1.75. The van der Waals surface area contributed by atoms with Gasteiger partial charge < -0.3 is 20.1 Å². The predicted octanol–water partition coefficient (Wildman–Crippen LogP) is 4.68. The van der Waals surface area contributed by atoms with Crippen molar-refractivity contribution in [3.05, 3.63) is 94.4 Å². The fourth-order valence-corrected chi connectivity index (χ4v) is 3.33. The molecule has 176 valence electrons. The van der Waals surface area contributed by atoms with Gasteiger partial charge in [0, 0.05) is 5.57 Å². The van der Waals surface area contributed by atoms with Gasteiger partial charge in [-0.05, 0) is 67.6 Å². The Labute approximate surface area is 198 Å². The van der Waals surface area contributed by atoms with Gasteiger partial charge in [-0.25, -0.2) is 9.59 Å². The Bertz CT molecular complexity index is 1370. The molecule has 0 saturated carbocycles. The summed E-state index contributed by atoms with van der Waals surface area (Å²) in [5.74, 6) is -2.75. The number of carboxylic acid groups (broad SMARTS) is 2. The molecule has 1 unspecified atom stereocenters. The van der Waals surface area contributed by atoms with Crippen LogP contribution in [0.25, 0.3) is 0 Å². The van der Waals surface area contributed by atoms with E-state index in [2.05, 4.69) is 20.5 Å². The third-order valence-corrected chi connectivity index (χ3v) is 5.19. The number of azo groups is 2. The molecule has 0 fully saturated rings. The van der Waals surface area contributed by atoms with Crippen LogP contribution < -0.4 is 0 Å². The first-order valence-corrected chi connectivity index (χ1v) is 10.2. The number of carboxylic acids is 2. The molecule has 1 heterocycles. The van der Waals surface area contributed by atoms with Gasteiger partial charge in [0.05, 0.1) is 28.9 Å². The highest BCUT2D eigenvalue weighted by Crippen LogP contribution is 2.40. The van der Waals surface area contributed by atoms with E-state index < -0.39 is 23.6 Å². The lowest BCUT2D eigenvalue weighted by molar-refractivity contribution is -0.139. The molecular formula is C24H18N4O7. The molecule has 2 aromatic carbocycles. The summed E-state index contributed by atoms with van der Waals surface area (Å²) in [6, 6.07) is 11.0. The summed E-state index contributed by atoms with van der Waals surface area (Å²) >= 11 is 0. The van der Waals surface area contributed by atoms with Crippen LogP contribution in [0.5, 0.6) is 0 Å². The van der Waals surface area contributed by atoms with Gasteiger partial charge in [0.2, 0.25) is 5.72 Å². The van der Waals surface area contributed by atoms with Crippen molar-refractivity contribution in [1.82, 2.24) is 0 Å². The number of aromatic carboxylic acids is 2. The fourth-order valence-electron chi connectivity index (χ4n) is 3.33. The molecule has 0 amide bonds. The smallest absolute Gasteiger partial charge is 0.335 e. The van der Waals surface area contributed by atoms with Crippen LogP contribution in [0, 0.1) is 0 Å². The molecule has 11 nitrogen and oxygen atoms in total. The lowest BCUT2D eigenvalue weighted by atomic mass is 9.92. The topological polar surface area (TPSA) is 171 Å². The Kier molecular flexibility index (Phi) is 6.17. The van der Waals surface area contributed by atoms with Gasteiger partial charge in [0.15, 0.2) is 11.5 Å². The Morgan fingerprint density at radius 2 is 1.43 bits per heavy atom. The normalized spacial score (nSPS) is 19.9. The Morgan fingerprint density at radius 1 is 0.886 bits per heavy atom. The van der Waals surface area contributed by atoms with E-state index in [4.69, 9.17) is 14.9 Å². The van der Waals surface area contributed by atoms with Crippen molar-refractivity contribution in [2.45, 2.75) is 19.1 Å². The van der Waals surface area contributed by atoms with Crippen LogP contribution in [-0.2, 0) is 9.53 Å². The van der Waals surface area contributed by atoms with Crippen molar-refractivity contribution < 1.29 is 34.4 Å². The van der Waals surface area contributed by atoms with Gasteiger partial charge in [0.25, 0.3) is 0 Å². The van der Waals surface area contributed by atoms with Crippen molar-refractivity contribution in [2.24, 2.45) is 20.5 Å².